The summed E-state index contributed by atoms with van der Waals surface area (Å²) < 4.78 is 5.01. The third-order valence-electron chi connectivity index (χ3n) is 3.09. The first-order chi connectivity index (χ1) is 10.0. The lowest BCUT2D eigenvalue weighted by Crippen LogP contribution is -2.25. The van der Waals surface area contributed by atoms with E-state index >= 15 is 0 Å². The number of carbonyl (C=O) groups excluding carboxylic acids is 1. The summed E-state index contributed by atoms with van der Waals surface area (Å²) in [5, 5.41) is 2.86. The molecular formula is C15H23N3O2S. The molecule has 0 aliphatic heterocycles. The van der Waals surface area contributed by atoms with E-state index in [0.29, 0.717) is 24.3 Å². The number of ether oxygens (including phenoxy) is 1. The molecule has 0 heterocycles. The van der Waals surface area contributed by atoms with Crippen LogP contribution < -0.4 is 11.1 Å². The molecule has 0 saturated carbocycles. The fraction of sp³-hybridized carbons (Fsp3) is 0.467. The molecule has 0 unspecified atom stereocenters. The molecule has 1 aromatic rings. The number of rotatable bonds is 9. The van der Waals surface area contributed by atoms with Crippen molar-refractivity contribution >= 4 is 28.8 Å². The lowest BCUT2D eigenvalue weighted by atomic mass is 10.1. The van der Waals surface area contributed by atoms with Crippen molar-refractivity contribution in [1.29, 1.82) is 0 Å². The van der Waals surface area contributed by atoms with E-state index in [1.54, 1.807) is 19.2 Å². The monoisotopic (exact) mass is 309 g/mol. The average Bonchev–Trinajstić information content (AvgIpc) is 2.45. The normalized spacial score (nSPS) is 10.6. The third-order valence-corrected chi connectivity index (χ3v) is 3.31. The fourth-order valence-electron chi connectivity index (χ4n) is 1.89. The lowest BCUT2D eigenvalue weighted by Gasteiger charge is -2.15. The highest BCUT2D eigenvalue weighted by Gasteiger charge is 2.08. The zero-order valence-electron chi connectivity index (χ0n) is 12.6. The van der Waals surface area contributed by atoms with Gasteiger partial charge in [-0.1, -0.05) is 24.4 Å². The number of thiocarbonyl (C=S) groups is 1. The maximum Gasteiger partial charge on any atom is 0.224 e. The molecule has 0 atom stereocenters. The van der Waals surface area contributed by atoms with Crippen molar-refractivity contribution in [3.8, 4) is 0 Å². The first kappa shape index (κ1) is 17.6. The van der Waals surface area contributed by atoms with Crippen LogP contribution in [0.3, 0.4) is 0 Å². The minimum Gasteiger partial charge on any atom is -0.389 e. The number of para-hydroxylation sites is 1. The lowest BCUT2D eigenvalue weighted by molar-refractivity contribution is -0.116. The van der Waals surface area contributed by atoms with Gasteiger partial charge < -0.3 is 20.7 Å². The summed E-state index contributed by atoms with van der Waals surface area (Å²) in [4.78, 5) is 14.4. The van der Waals surface area contributed by atoms with Gasteiger partial charge in [0.1, 0.15) is 4.99 Å². The van der Waals surface area contributed by atoms with Gasteiger partial charge in [-0.3, -0.25) is 4.79 Å². The van der Waals surface area contributed by atoms with Gasteiger partial charge in [0.25, 0.3) is 0 Å². The van der Waals surface area contributed by atoms with Gasteiger partial charge in [-0.15, -0.1) is 0 Å². The number of nitrogens with one attached hydrogen (secondary N) is 1. The summed E-state index contributed by atoms with van der Waals surface area (Å²) in [6.45, 7) is 2.42. The van der Waals surface area contributed by atoms with Crippen LogP contribution in [0, 0.1) is 0 Å². The van der Waals surface area contributed by atoms with E-state index in [9.17, 15) is 4.79 Å². The molecule has 5 nitrogen and oxygen atoms in total. The Morgan fingerprint density at radius 1 is 1.38 bits per heavy atom. The second-order valence-electron chi connectivity index (χ2n) is 4.86. The highest BCUT2D eigenvalue weighted by molar-refractivity contribution is 7.80. The van der Waals surface area contributed by atoms with Gasteiger partial charge in [-0.2, -0.15) is 0 Å². The second-order valence-corrected chi connectivity index (χ2v) is 5.30. The van der Waals surface area contributed by atoms with Gasteiger partial charge in [0.15, 0.2) is 0 Å². The zero-order chi connectivity index (χ0) is 15.7. The molecule has 0 aliphatic carbocycles. The Morgan fingerprint density at radius 3 is 2.76 bits per heavy atom. The van der Waals surface area contributed by atoms with Crippen molar-refractivity contribution in [1.82, 2.24) is 4.90 Å². The molecule has 116 valence electrons. The van der Waals surface area contributed by atoms with Gasteiger partial charge in [0, 0.05) is 25.6 Å². The maximum absolute atomic E-state index is 11.9. The minimum absolute atomic E-state index is 0.0289. The SMILES string of the molecule is COCCN(C)CCCC(=O)Nc1ccccc1C(N)=S. The molecule has 0 saturated heterocycles. The highest BCUT2D eigenvalue weighted by atomic mass is 32.1. The molecule has 1 aromatic carbocycles. The van der Waals surface area contributed by atoms with Gasteiger partial charge in [-0.05, 0) is 32.1 Å². The topological polar surface area (TPSA) is 67.6 Å². The molecule has 0 radical (unpaired) electrons. The van der Waals surface area contributed by atoms with E-state index in [2.05, 4.69) is 10.2 Å². The van der Waals surface area contributed by atoms with Crippen LogP contribution in [0.15, 0.2) is 24.3 Å². The number of hydrogen-bond donors (Lipinski definition) is 2. The van der Waals surface area contributed by atoms with E-state index in [-0.39, 0.29) is 10.9 Å². The second kappa shape index (κ2) is 9.44. The van der Waals surface area contributed by atoms with Gasteiger partial charge in [0.2, 0.25) is 5.91 Å². The van der Waals surface area contributed by atoms with Crippen molar-refractivity contribution in [2.75, 3.05) is 39.2 Å². The third kappa shape index (κ3) is 6.66. The Morgan fingerprint density at radius 2 is 2.10 bits per heavy atom. The van der Waals surface area contributed by atoms with Gasteiger partial charge in [-0.25, -0.2) is 0 Å². The fourth-order valence-corrected chi connectivity index (χ4v) is 2.07. The number of amides is 1. The molecule has 0 aliphatic rings. The molecule has 1 amide bonds. The Hall–Kier alpha value is -1.50. The number of hydrogen-bond acceptors (Lipinski definition) is 4. The van der Waals surface area contributed by atoms with Crippen LogP contribution in [0.1, 0.15) is 18.4 Å². The van der Waals surface area contributed by atoms with Crippen LogP contribution in [-0.4, -0.2) is 49.6 Å². The summed E-state index contributed by atoms with van der Waals surface area (Å²) in [6, 6.07) is 7.29. The number of nitrogens with zero attached hydrogens (tertiary/aromatic N) is 1. The van der Waals surface area contributed by atoms with E-state index in [1.165, 1.54) is 0 Å². The first-order valence-corrected chi connectivity index (χ1v) is 7.31. The molecule has 6 heteroatoms. The average molecular weight is 309 g/mol. The summed E-state index contributed by atoms with van der Waals surface area (Å²) >= 11 is 4.97. The number of carbonyl (C=O) groups is 1. The van der Waals surface area contributed by atoms with Crippen LogP contribution in [-0.2, 0) is 9.53 Å². The standard InChI is InChI=1S/C15H23N3O2S/c1-18(10-11-20-2)9-5-8-14(19)17-13-7-4-3-6-12(13)15(16)21/h3-4,6-7H,5,8-11H2,1-2H3,(H2,16,21)(H,17,19). The molecule has 0 spiro atoms. The minimum atomic E-state index is -0.0289. The van der Waals surface area contributed by atoms with Crippen LogP contribution in [0.4, 0.5) is 5.69 Å². The predicted molar refractivity (Wildman–Crippen MR) is 89.6 cm³/mol. The van der Waals surface area contributed by atoms with Crippen LogP contribution in [0.25, 0.3) is 0 Å². The molecule has 3 N–H and O–H groups in total. The van der Waals surface area contributed by atoms with Crippen molar-refractivity contribution in [3.05, 3.63) is 29.8 Å². The van der Waals surface area contributed by atoms with E-state index in [1.807, 2.05) is 19.2 Å². The summed E-state index contributed by atoms with van der Waals surface area (Å²) in [6.07, 6.45) is 1.25. The summed E-state index contributed by atoms with van der Waals surface area (Å²) in [7, 11) is 3.69. The summed E-state index contributed by atoms with van der Waals surface area (Å²) in [5.74, 6) is -0.0289. The zero-order valence-corrected chi connectivity index (χ0v) is 13.4. The Kier molecular flexibility index (Phi) is 7.89. The molecule has 0 fully saturated rings. The predicted octanol–water partition coefficient (Wildman–Crippen LogP) is 1.62. The number of nitrogens with two attached hydrogens (primary N) is 1. The van der Waals surface area contributed by atoms with Crippen molar-refractivity contribution in [3.63, 3.8) is 0 Å². The van der Waals surface area contributed by atoms with Crippen molar-refractivity contribution < 1.29 is 9.53 Å². The Labute approximate surface area is 131 Å². The molecule has 1 rings (SSSR count). The van der Waals surface area contributed by atoms with Crippen LogP contribution in [0.2, 0.25) is 0 Å². The summed E-state index contributed by atoms with van der Waals surface area (Å²) in [5.41, 5.74) is 7.00. The first-order valence-electron chi connectivity index (χ1n) is 6.90. The van der Waals surface area contributed by atoms with Crippen molar-refractivity contribution in [2.45, 2.75) is 12.8 Å². The number of methoxy groups -OCH3 is 1. The largest absolute Gasteiger partial charge is 0.389 e. The van der Waals surface area contributed by atoms with Gasteiger partial charge >= 0.3 is 0 Å². The molecular weight excluding hydrogens is 286 g/mol. The van der Waals surface area contributed by atoms with E-state index in [0.717, 1.165) is 19.5 Å². The Bertz CT molecular complexity index is 480. The smallest absolute Gasteiger partial charge is 0.224 e. The number of anilines is 1. The van der Waals surface area contributed by atoms with E-state index < -0.39 is 0 Å². The highest BCUT2D eigenvalue weighted by Crippen LogP contribution is 2.15. The number of likely N-dealkylation sites (N-methyl/N-ethyl adjacent to an activating group) is 1. The number of benzene rings is 1. The Balaban J connectivity index is 2.39. The quantitative estimate of drug-likeness (QED) is 0.679. The van der Waals surface area contributed by atoms with Crippen LogP contribution >= 0.6 is 12.2 Å². The van der Waals surface area contributed by atoms with Crippen molar-refractivity contribution in [2.24, 2.45) is 5.73 Å². The molecule has 21 heavy (non-hydrogen) atoms. The van der Waals surface area contributed by atoms with Crippen LogP contribution in [0.5, 0.6) is 0 Å². The van der Waals surface area contributed by atoms with Gasteiger partial charge in [0.05, 0.1) is 12.3 Å². The molecule has 0 aromatic heterocycles. The molecule has 0 bridgehead atoms. The maximum atomic E-state index is 11.9. The van der Waals surface area contributed by atoms with E-state index in [4.69, 9.17) is 22.7 Å².